The highest BCUT2D eigenvalue weighted by Gasteiger charge is 2.40. The van der Waals surface area contributed by atoms with Gasteiger partial charge in [0.05, 0.1) is 12.8 Å². The fourth-order valence-corrected chi connectivity index (χ4v) is 3.47. The molecule has 0 radical (unpaired) electrons. The highest BCUT2D eigenvalue weighted by molar-refractivity contribution is 6.44. The number of halogens is 1. The molecule has 0 spiro atoms. The Morgan fingerprint density at radius 2 is 1.59 bits per heavy atom. The maximum atomic E-state index is 13.6. The minimum Gasteiger partial charge on any atom is -0.496 e. The third-order valence-electron chi connectivity index (χ3n) is 4.76. The van der Waals surface area contributed by atoms with Crippen LogP contribution in [-0.4, -0.2) is 18.7 Å². The van der Waals surface area contributed by atoms with E-state index in [1.54, 1.807) is 24.3 Å². The lowest BCUT2D eigenvalue weighted by atomic mass is 10.1. The lowest BCUT2D eigenvalue weighted by Gasteiger charge is -2.32. The van der Waals surface area contributed by atoms with Crippen LogP contribution >= 0.6 is 0 Å². The number of hydrogen-bond donors (Lipinski definition) is 0. The number of carbonyl (C=O) groups excluding carboxylic acids is 1. The van der Waals surface area contributed by atoms with Gasteiger partial charge in [0.1, 0.15) is 11.6 Å². The predicted molar refractivity (Wildman–Crippen MR) is 112 cm³/mol. The number of para-hydroxylation sites is 2. The highest BCUT2D eigenvalue weighted by atomic mass is 19.1. The summed E-state index contributed by atoms with van der Waals surface area (Å²) in [5.41, 5.74) is 2.32. The van der Waals surface area contributed by atoms with E-state index in [2.05, 4.69) is 5.10 Å². The molecule has 0 N–H and O–H groups in total. The smallest absolute Gasteiger partial charge is 0.198 e. The van der Waals surface area contributed by atoms with Gasteiger partial charge in [-0.05, 0) is 42.5 Å². The Kier molecular flexibility index (Phi) is 4.99. The zero-order valence-electron chi connectivity index (χ0n) is 16.1. The fourth-order valence-electron chi connectivity index (χ4n) is 3.47. The minimum absolute atomic E-state index is 0.187. The van der Waals surface area contributed by atoms with Crippen LogP contribution in [0.3, 0.4) is 0 Å². The number of hydrogen-bond acceptors (Lipinski definition) is 5. The number of ketones is 1. The van der Waals surface area contributed by atoms with Crippen LogP contribution in [0.1, 0.15) is 18.7 Å². The maximum Gasteiger partial charge on any atom is 0.198 e. The second-order valence-electron chi connectivity index (χ2n) is 6.62. The van der Waals surface area contributed by atoms with Gasteiger partial charge in [-0.2, -0.15) is 0 Å². The third-order valence-corrected chi connectivity index (χ3v) is 4.76. The lowest BCUT2D eigenvalue weighted by molar-refractivity contribution is -0.111. The quantitative estimate of drug-likeness (QED) is 0.631. The van der Waals surface area contributed by atoms with Crippen molar-refractivity contribution in [2.45, 2.75) is 13.1 Å². The monoisotopic (exact) mass is 389 g/mol. The summed E-state index contributed by atoms with van der Waals surface area (Å²) in [6.07, 6.45) is -0.474. The van der Waals surface area contributed by atoms with Crippen molar-refractivity contribution in [3.63, 3.8) is 0 Å². The van der Waals surface area contributed by atoms with Crippen LogP contribution < -0.4 is 14.6 Å². The van der Waals surface area contributed by atoms with Gasteiger partial charge < -0.3 is 4.74 Å². The predicted octanol–water partition coefficient (Wildman–Crippen LogP) is 4.76. The van der Waals surface area contributed by atoms with Crippen molar-refractivity contribution in [2.24, 2.45) is 5.10 Å². The van der Waals surface area contributed by atoms with Gasteiger partial charge in [0, 0.05) is 18.2 Å². The van der Waals surface area contributed by atoms with E-state index in [0.717, 1.165) is 11.3 Å². The standard InChI is InChI=1S/C23H20FN3O2/c1-16(28)22-25-27(19-8-4-3-5-9-19)23(20-10-6-7-11-21(20)29-2)26(22)18-14-12-17(24)13-15-18/h3-15,23H,1-2H3/t23-/m1/s1. The first-order valence-electron chi connectivity index (χ1n) is 9.21. The van der Waals surface area contributed by atoms with E-state index in [0.29, 0.717) is 11.4 Å². The number of benzene rings is 3. The highest BCUT2D eigenvalue weighted by Crippen LogP contribution is 2.41. The Morgan fingerprint density at radius 1 is 0.931 bits per heavy atom. The molecule has 1 atom stereocenters. The maximum absolute atomic E-state index is 13.6. The van der Waals surface area contributed by atoms with Crippen LogP contribution in [-0.2, 0) is 4.79 Å². The van der Waals surface area contributed by atoms with Gasteiger partial charge >= 0.3 is 0 Å². The van der Waals surface area contributed by atoms with Crippen molar-refractivity contribution in [3.8, 4) is 5.75 Å². The molecule has 146 valence electrons. The molecular weight excluding hydrogens is 369 g/mol. The molecule has 0 saturated carbocycles. The van der Waals surface area contributed by atoms with Gasteiger partial charge in [-0.25, -0.2) is 9.40 Å². The van der Waals surface area contributed by atoms with Gasteiger partial charge in [-0.3, -0.25) is 9.69 Å². The molecule has 4 rings (SSSR count). The van der Waals surface area contributed by atoms with E-state index >= 15 is 0 Å². The number of amidine groups is 1. The van der Waals surface area contributed by atoms with E-state index in [9.17, 15) is 9.18 Å². The minimum atomic E-state index is -0.474. The van der Waals surface area contributed by atoms with E-state index in [4.69, 9.17) is 4.74 Å². The average molecular weight is 389 g/mol. The summed E-state index contributed by atoms with van der Waals surface area (Å²) >= 11 is 0. The van der Waals surface area contributed by atoms with Gasteiger partial charge in [0.15, 0.2) is 17.8 Å². The van der Waals surface area contributed by atoms with Crippen molar-refractivity contribution >= 4 is 23.0 Å². The summed E-state index contributed by atoms with van der Waals surface area (Å²) in [6.45, 7) is 1.48. The van der Waals surface area contributed by atoms with Crippen molar-refractivity contribution in [2.75, 3.05) is 17.0 Å². The van der Waals surface area contributed by atoms with Crippen molar-refractivity contribution in [3.05, 3.63) is 90.2 Å². The molecular formula is C23H20FN3O2. The van der Waals surface area contributed by atoms with Crippen LogP contribution in [0.15, 0.2) is 84.0 Å². The molecule has 29 heavy (non-hydrogen) atoms. The Balaban J connectivity index is 1.93. The van der Waals surface area contributed by atoms with Crippen LogP contribution in [0.4, 0.5) is 15.8 Å². The van der Waals surface area contributed by atoms with Crippen LogP contribution in [0.25, 0.3) is 0 Å². The molecule has 0 amide bonds. The Labute approximate surface area is 168 Å². The SMILES string of the molecule is COc1ccccc1[C@H]1N(c2ccccc2)N=C(C(C)=O)N1c1ccc(F)cc1. The zero-order chi connectivity index (χ0) is 20.4. The molecule has 1 aliphatic heterocycles. The first-order chi connectivity index (χ1) is 14.1. The third kappa shape index (κ3) is 3.45. The van der Waals surface area contributed by atoms with Gasteiger partial charge in [0.2, 0.25) is 0 Å². The van der Waals surface area contributed by atoms with Crippen molar-refractivity contribution < 1.29 is 13.9 Å². The normalized spacial score (nSPS) is 16.0. The first-order valence-corrected chi connectivity index (χ1v) is 9.21. The van der Waals surface area contributed by atoms with E-state index in [1.165, 1.54) is 19.1 Å². The summed E-state index contributed by atoms with van der Waals surface area (Å²) in [5, 5.41) is 6.44. The average Bonchev–Trinajstić information content (AvgIpc) is 3.15. The van der Waals surface area contributed by atoms with Gasteiger partial charge in [0.25, 0.3) is 0 Å². The number of methoxy groups -OCH3 is 1. The number of nitrogens with zero attached hydrogens (tertiary/aromatic N) is 3. The van der Waals surface area contributed by atoms with E-state index in [1.807, 2.05) is 59.5 Å². The Bertz CT molecular complexity index is 1050. The molecule has 3 aromatic rings. The molecule has 0 unspecified atom stereocenters. The van der Waals surface area contributed by atoms with Crippen LogP contribution in [0.2, 0.25) is 0 Å². The summed E-state index contributed by atoms with van der Waals surface area (Å²) in [5.74, 6) is 0.414. The number of ether oxygens (including phenoxy) is 1. The molecule has 5 nitrogen and oxygen atoms in total. The second kappa shape index (κ2) is 7.75. The Morgan fingerprint density at radius 3 is 2.24 bits per heavy atom. The molecule has 1 heterocycles. The summed E-state index contributed by atoms with van der Waals surface area (Å²) in [7, 11) is 1.61. The number of Topliss-reactive ketones (excluding diaryl/α,β-unsaturated/α-hetero) is 1. The second-order valence-corrected chi connectivity index (χ2v) is 6.62. The number of hydrazone groups is 1. The van der Waals surface area contributed by atoms with Crippen LogP contribution in [0, 0.1) is 5.82 Å². The van der Waals surface area contributed by atoms with Crippen molar-refractivity contribution in [1.82, 2.24) is 0 Å². The number of anilines is 2. The molecule has 3 aromatic carbocycles. The summed E-state index contributed by atoms with van der Waals surface area (Å²) < 4.78 is 19.2. The molecule has 6 heteroatoms. The van der Waals surface area contributed by atoms with E-state index < -0.39 is 6.17 Å². The molecule has 1 aliphatic rings. The van der Waals surface area contributed by atoms with Gasteiger partial charge in [-0.1, -0.05) is 36.4 Å². The topological polar surface area (TPSA) is 45.1 Å². The summed E-state index contributed by atoms with van der Waals surface area (Å²) in [6, 6.07) is 23.2. The van der Waals surface area contributed by atoms with Crippen LogP contribution in [0.5, 0.6) is 5.75 Å². The number of carbonyl (C=O) groups is 1. The summed E-state index contributed by atoms with van der Waals surface area (Å²) in [4.78, 5) is 14.3. The number of rotatable bonds is 5. The molecule has 0 bridgehead atoms. The molecule has 0 aromatic heterocycles. The van der Waals surface area contributed by atoms with Gasteiger partial charge in [-0.15, -0.1) is 5.10 Å². The molecule has 0 aliphatic carbocycles. The van der Waals surface area contributed by atoms with E-state index in [-0.39, 0.29) is 17.4 Å². The fraction of sp³-hybridized carbons (Fsp3) is 0.130. The first kappa shape index (κ1) is 18.7. The molecule has 0 fully saturated rings. The molecule has 0 saturated heterocycles. The largest absolute Gasteiger partial charge is 0.496 e. The lowest BCUT2D eigenvalue weighted by Crippen LogP contribution is -2.38. The van der Waals surface area contributed by atoms with Crippen molar-refractivity contribution in [1.29, 1.82) is 0 Å². The zero-order valence-corrected chi connectivity index (χ0v) is 16.1. The Hall–Kier alpha value is -3.67.